The zero-order valence-electron chi connectivity index (χ0n) is 15.0. The predicted octanol–water partition coefficient (Wildman–Crippen LogP) is 2.97. The van der Waals surface area contributed by atoms with Gasteiger partial charge in [0.2, 0.25) is 0 Å². The molecule has 1 amide bonds. The maximum Gasteiger partial charge on any atom is 0.433 e. The molecule has 0 bridgehead atoms. The summed E-state index contributed by atoms with van der Waals surface area (Å²) < 4.78 is 43.9. The van der Waals surface area contributed by atoms with Crippen LogP contribution in [0, 0.1) is 6.92 Å². The van der Waals surface area contributed by atoms with Gasteiger partial charge in [0, 0.05) is 18.7 Å². The fourth-order valence-corrected chi connectivity index (χ4v) is 3.01. The van der Waals surface area contributed by atoms with E-state index in [-0.39, 0.29) is 30.2 Å². The van der Waals surface area contributed by atoms with Gasteiger partial charge in [-0.05, 0) is 51.1 Å². The largest absolute Gasteiger partial charge is 0.455 e. The number of likely N-dealkylation sites (tertiary alicyclic amines) is 1. The number of nitrogens with one attached hydrogen (secondary N) is 1. The summed E-state index contributed by atoms with van der Waals surface area (Å²) in [5.41, 5.74) is -0.745. The van der Waals surface area contributed by atoms with Crippen molar-refractivity contribution in [1.82, 2.24) is 20.2 Å². The van der Waals surface area contributed by atoms with Crippen LogP contribution in [0.4, 0.5) is 13.2 Å². The Morgan fingerprint density at radius 2 is 2.00 bits per heavy atom. The highest BCUT2D eigenvalue weighted by Gasteiger charge is 2.33. The molecule has 2 aromatic rings. The summed E-state index contributed by atoms with van der Waals surface area (Å²) in [5, 5.41) is 2.62. The van der Waals surface area contributed by atoms with Gasteiger partial charge >= 0.3 is 6.18 Å². The molecule has 1 aliphatic heterocycles. The summed E-state index contributed by atoms with van der Waals surface area (Å²) in [6.07, 6.45) is -2.08. The molecule has 1 saturated heterocycles. The number of hydrogen-bond acceptors (Lipinski definition) is 5. The van der Waals surface area contributed by atoms with Gasteiger partial charge in [-0.15, -0.1) is 0 Å². The first kappa shape index (κ1) is 19.3. The lowest BCUT2D eigenvalue weighted by Gasteiger charge is -2.11. The summed E-state index contributed by atoms with van der Waals surface area (Å²) >= 11 is 0. The Labute approximate surface area is 154 Å². The van der Waals surface area contributed by atoms with E-state index in [1.807, 2.05) is 0 Å². The standard InChI is InChI=1S/C18H21F3N4O2/c1-12-10-15(18(19,20)21)24-16(23-12)6-7-22-17(26)14-5-4-13(27-14)11-25-8-2-3-9-25/h4-5,10H,2-3,6-9,11H2,1H3,(H,22,26). The number of furan rings is 1. The Morgan fingerprint density at radius 1 is 1.26 bits per heavy atom. The lowest BCUT2D eigenvalue weighted by atomic mass is 10.3. The number of halogens is 3. The normalized spacial score (nSPS) is 15.3. The molecule has 0 aromatic carbocycles. The number of rotatable bonds is 6. The fraction of sp³-hybridized carbons (Fsp3) is 0.500. The van der Waals surface area contributed by atoms with Crippen molar-refractivity contribution in [2.24, 2.45) is 0 Å². The number of hydrogen-bond donors (Lipinski definition) is 1. The van der Waals surface area contributed by atoms with E-state index in [1.54, 1.807) is 12.1 Å². The first-order valence-corrected chi connectivity index (χ1v) is 8.82. The molecule has 3 heterocycles. The van der Waals surface area contributed by atoms with Crippen LogP contribution in [0.15, 0.2) is 22.6 Å². The molecule has 9 heteroatoms. The van der Waals surface area contributed by atoms with Gasteiger partial charge < -0.3 is 9.73 Å². The van der Waals surface area contributed by atoms with Gasteiger partial charge in [-0.1, -0.05) is 0 Å². The van der Waals surface area contributed by atoms with Gasteiger partial charge in [-0.25, -0.2) is 9.97 Å². The third-order valence-electron chi connectivity index (χ3n) is 4.29. The van der Waals surface area contributed by atoms with E-state index < -0.39 is 17.8 Å². The molecular formula is C18H21F3N4O2. The number of amides is 1. The van der Waals surface area contributed by atoms with Crippen LogP contribution in [0.1, 0.15) is 46.4 Å². The maximum atomic E-state index is 12.8. The zero-order chi connectivity index (χ0) is 19.4. The second kappa shape index (κ2) is 8.08. The van der Waals surface area contributed by atoms with Crippen LogP contribution in [0.2, 0.25) is 0 Å². The first-order chi connectivity index (χ1) is 12.8. The van der Waals surface area contributed by atoms with E-state index in [0.29, 0.717) is 6.54 Å². The van der Waals surface area contributed by atoms with Crippen molar-refractivity contribution in [3.8, 4) is 0 Å². The Morgan fingerprint density at radius 3 is 2.70 bits per heavy atom. The molecule has 1 fully saturated rings. The van der Waals surface area contributed by atoms with Crippen LogP contribution in [0.25, 0.3) is 0 Å². The Kier molecular flexibility index (Phi) is 5.79. The Balaban J connectivity index is 1.52. The quantitative estimate of drug-likeness (QED) is 0.832. The second-order valence-corrected chi connectivity index (χ2v) is 6.56. The smallest absolute Gasteiger partial charge is 0.433 e. The summed E-state index contributed by atoms with van der Waals surface area (Å²) in [5.74, 6) is 0.535. The molecule has 2 aromatic heterocycles. The topological polar surface area (TPSA) is 71.3 Å². The molecular weight excluding hydrogens is 361 g/mol. The van der Waals surface area contributed by atoms with Crippen molar-refractivity contribution in [3.63, 3.8) is 0 Å². The van der Waals surface area contributed by atoms with E-state index in [1.165, 1.54) is 19.8 Å². The SMILES string of the molecule is Cc1cc(C(F)(F)F)nc(CCNC(=O)c2ccc(CN3CCCC3)o2)n1. The average molecular weight is 382 g/mol. The van der Waals surface area contributed by atoms with Gasteiger partial charge in [-0.3, -0.25) is 9.69 Å². The summed E-state index contributed by atoms with van der Waals surface area (Å²) in [6, 6.07) is 4.27. The van der Waals surface area contributed by atoms with Crippen LogP contribution in [-0.4, -0.2) is 40.4 Å². The molecule has 1 N–H and O–H groups in total. The van der Waals surface area contributed by atoms with Gasteiger partial charge in [0.1, 0.15) is 17.3 Å². The van der Waals surface area contributed by atoms with E-state index in [4.69, 9.17) is 4.42 Å². The van der Waals surface area contributed by atoms with Crippen molar-refractivity contribution >= 4 is 5.91 Å². The van der Waals surface area contributed by atoms with Gasteiger partial charge in [-0.2, -0.15) is 13.2 Å². The lowest BCUT2D eigenvalue weighted by molar-refractivity contribution is -0.141. The fourth-order valence-electron chi connectivity index (χ4n) is 3.01. The monoisotopic (exact) mass is 382 g/mol. The minimum atomic E-state index is -4.52. The molecule has 0 atom stereocenters. The Hall–Kier alpha value is -2.42. The highest BCUT2D eigenvalue weighted by molar-refractivity contribution is 5.91. The number of aryl methyl sites for hydroxylation is 1. The number of alkyl halides is 3. The molecule has 0 unspecified atom stereocenters. The van der Waals surface area contributed by atoms with Crippen LogP contribution in [0.5, 0.6) is 0 Å². The van der Waals surface area contributed by atoms with Crippen LogP contribution in [-0.2, 0) is 19.1 Å². The molecule has 3 rings (SSSR count). The summed E-state index contributed by atoms with van der Waals surface area (Å²) in [7, 11) is 0. The van der Waals surface area contributed by atoms with Gasteiger partial charge in [0.05, 0.1) is 6.54 Å². The number of carbonyl (C=O) groups excluding carboxylic acids is 1. The molecule has 27 heavy (non-hydrogen) atoms. The Bertz CT molecular complexity index is 798. The zero-order valence-corrected chi connectivity index (χ0v) is 15.0. The maximum absolute atomic E-state index is 12.8. The molecule has 0 aliphatic carbocycles. The highest BCUT2D eigenvalue weighted by atomic mass is 19.4. The molecule has 6 nitrogen and oxygen atoms in total. The van der Waals surface area contributed by atoms with Crippen LogP contribution >= 0.6 is 0 Å². The van der Waals surface area contributed by atoms with E-state index in [9.17, 15) is 18.0 Å². The second-order valence-electron chi connectivity index (χ2n) is 6.56. The number of carbonyl (C=O) groups is 1. The molecule has 0 saturated carbocycles. The van der Waals surface area contributed by atoms with E-state index in [0.717, 1.165) is 24.9 Å². The lowest BCUT2D eigenvalue weighted by Crippen LogP contribution is -2.26. The highest BCUT2D eigenvalue weighted by Crippen LogP contribution is 2.27. The van der Waals surface area contributed by atoms with E-state index in [2.05, 4.69) is 20.2 Å². The number of aromatic nitrogens is 2. The van der Waals surface area contributed by atoms with Crippen LogP contribution < -0.4 is 5.32 Å². The van der Waals surface area contributed by atoms with Crippen molar-refractivity contribution in [3.05, 3.63) is 46.9 Å². The van der Waals surface area contributed by atoms with E-state index >= 15 is 0 Å². The van der Waals surface area contributed by atoms with Crippen molar-refractivity contribution < 1.29 is 22.4 Å². The molecule has 0 spiro atoms. The van der Waals surface area contributed by atoms with Crippen molar-refractivity contribution in [2.75, 3.05) is 19.6 Å². The minimum absolute atomic E-state index is 0.0387. The van der Waals surface area contributed by atoms with Crippen LogP contribution in [0.3, 0.4) is 0 Å². The molecule has 146 valence electrons. The number of nitrogens with zero attached hydrogens (tertiary/aromatic N) is 3. The van der Waals surface area contributed by atoms with Gasteiger partial charge in [0.25, 0.3) is 5.91 Å². The molecule has 1 aliphatic rings. The van der Waals surface area contributed by atoms with Gasteiger partial charge in [0.15, 0.2) is 5.76 Å². The predicted molar refractivity (Wildman–Crippen MR) is 91.0 cm³/mol. The average Bonchev–Trinajstić information content (AvgIpc) is 3.26. The third-order valence-corrected chi connectivity index (χ3v) is 4.29. The minimum Gasteiger partial charge on any atom is -0.455 e. The van der Waals surface area contributed by atoms with Crippen molar-refractivity contribution in [1.29, 1.82) is 0 Å². The third kappa shape index (κ3) is 5.29. The first-order valence-electron chi connectivity index (χ1n) is 8.82. The summed E-state index contributed by atoms with van der Waals surface area (Å²) in [6.45, 7) is 4.31. The van der Waals surface area contributed by atoms with Crippen molar-refractivity contribution in [2.45, 2.75) is 38.9 Å². The summed E-state index contributed by atoms with van der Waals surface area (Å²) in [4.78, 5) is 21.9. The molecule has 0 radical (unpaired) electrons.